The second-order valence-electron chi connectivity index (χ2n) is 15.8. The molecule has 0 fully saturated rings. The van der Waals surface area contributed by atoms with Gasteiger partial charge in [-0.25, -0.2) is 9.97 Å². The van der Waals surface area contributed by atoms with Crippen molar-refractivity contribution in [1.29, 1.82) is 0 Å². The molecule has 0 unspecified atom stereocenters. The average Bonchev–Trinajstić information content (AvgIpc) is 3.87. The van der Waals surface area contributed by atoms with Gasteiger partial charge in [-0.2, -0.15) is 0 Å². The topological polar surface area (TPSA) is 43.9 Å². The van der Waals surface area contributed by atoms with Crippen LogP contribution in [0, 0.1) is 0 Å². The van der Waals surface area contributed by atoms with Gasteiger partial charge in [-0.1, -0.05) is 129 Å². The SMILES string of the molecule is CC1(C)c2ccccc2-c2cc3c4cc(-c5ccc6oc7cccc(-c8nc(-c9ccccc9)c9ccccc9n8)c7c6c5)ccc4n(-c4ccccc4)c3cc21. The van der Waals surface area contributed by atoms with E-state index < -0.39 is 0 Å². The standard InChI is InChI=1S/C53H35N3O/c1-53(2)43-21-11-9-18-36(43)39-30-41-40-28-33(24-26-46(40)56(47(41)31-44(39)53)35-16-7-4-8-17-35)34-25-27-48-42(29-34)50-38(20-13-23-49(50)57-48)52-54-45-22-12-10-19-37(45)51(55-52)32-14-5-3-6-15-32/h3-31H,1-2H3. The van der Waals surface area contributed by atoms with Crippen LogP contribution < -0.4 is 0 Å². The molecule has 4 nitrogen and oxygen atoms in total. The van der Waals surface area contributed by atoms with Crippen LogP contribution in [0.2, 0.25) is 0 Å². The molecule has 0 bridgehead atoms. The minimum absolute atomic E-state index is 0.0914. The molecule has 0 radical (unpaired) electrons. The lowest BCUT2D eigenvalue weighted by molar-refractivity contribution is 0.661. The first-order valence-electron chi connectivity index (χ1n) is 19.6. The van der Waals surface area contributed by atoms with Crippen LogP contribution in [0.5, 0.6) is 0 Å². The van der Waals surface area contributed by atoms with Crippen molar-refractivity contribution >= 4 is 54.6 Å². The summed E-state index contributed by atoms with van der Waals surface area (Å²) >= 11 is 0. The Balaban J connectivity index is 1.07. The molecule has 1 aliphatic rings. The van der Waals surface area contributed by atoms with Crippen molar-refractivity contribution in [3.63, 3.8) is 0 Å². The predicted molar refractivity (Wildman–Crippen MR) is 235 cm³/mol. The van der Waals surface area contributed by atoms with Crippen LogP contribution in [0.25, 0.3) is 105 Å². The molecule has 3 aromatic heterocycles. The van der Waals surface area contributed by atoms with Crippen LogP contribution in [0.1, 0.15) is 25.0 Å². The lowest BCUT2D eigenvalue weighted by Gasteiger charge is -2.21. The number of rotatable bonds is 4. The van der Waals surface area contributed by atoms with Crippen molar-refractivity contribution in [2.75, 3.05) is 0 Å². The van der Waals surface area contributed by atoms with E-state index in [0.29, 0.717) is 5.82 Å². The Hall–Kier alpha value is -7.30. The maximum Gasteiger partial charge on any atom is 0.161 e. The Morgan fingerprint density at radius 3 is 2.02 bits per heavy atom. The average molecular weight is 730 g/mol. The normalized spacial score (nSPS) is 13.2. The fraction of sp³-hybridized carbons (Fsp3) is 0.0566. The summed E-state index contributed by atoms with van der Waals surface area (Å²) in [6.07, 6.45) is 0. The van der Waals surface area contributed by atoms with E-state index in [1.165, 1.54) is 44.1 Å². The highest BCUT2D eigenvalue weighted by atomic mass is 16.3. The number of nitrogens with zero attached hydrogens (tertiary/aromatic N) is 3. The highest BCUT2D eigenvalue weighted by molar-refractivity contribution is 6.15. The Morgan fingerprint density at radius 1 is 0.456 bits per heavy atom. The Morgan fingerprint density at radius 2 is 1.16 bits per heavy atom. The number of para-hydroxylation sites is 2. The molecule has 4 heteroatoms. The van der Waals surface area contributed by atoms with Gasteiger partial charge in [-0.05, 0) is 94.0 Å². The summed E-state index contributed by atoms with van der Waals surface area (Å²) in [6.45, 7) is 4.71. The molecule has 1 aliphatic carbocycles. The van der Waals surface area contributed by atoms with Crippen LogP contribution in [-0.2, 0) is 5.41 Å². The summed E-state index contributed by atoms with van der Waals surface area (Å²) in [5.41, 5.74) is 16.7. The first-order valence-corrected chi connectivity index (χ1v) is 19.6. The third-order valence-corrected chi connectivity index (χ3v) is 12.2. The molecular weight excluding hydrogens is 695 g/mol. The molecule has 57 heavy (non-hydrogen) atoms. The summed E-state index contributed by atoms with van der Waals surface area (Å²) < 4.78 is 8.95. The molecule has 3 heterocycles. The van der Waals surface area contributed by atoms with Gasteiger partial charge in [0.15, 0.2) is 5.82 Å². The van der Waals surface area contributed by atoms with Gasteiger partial charge in [0, 0.05) is 49.2 Å². The second-order valence-corrected chi connectivity index (χ2v) is 15.8. The zero-order chi connectivity index (χ0) is 37.8. The third kappa shape index (κ3) is 4.68. The summed E-state index contributed by atoms with van der Waals surface area (Å²) in [5, 5.41) is 5.57. The first kappa shape index (κ1) is 32.0. The van der Waals surface area contributed by atoms with Gasteiger partial charge in [0.25, 0.3) is 0 Å². The molecular formula is C53H35N3O. The van der Waals surface area contributed by atoms with Crippen molar-refractivity contribution < 1.29 is 4.42 Å². The number of fused-ring (bicyclic) bond motifs is 10. The molecule has 0 amide bonds. The van der Waals surface area contributed by atoms with Gasteiger partial charge in [-0.15, -0.1) is 0 Å². The van der Waals surface area contributed by atoms with Gasteiger partial charge in [0.1, 0.15) is 11.2 Å². The van der Waals surface area contributed by atoms with E-state index >= 15 is 0 Å². The molecule has 12 rings (SSSR count). The molecule has 0 aliphatic heterocycles. The predicted octanol–water partition coefficient (Wildman–Crippen LogP) is 13.9. The van der Waals surface area contributed by atoms with Gasteiger partial charge < -0.3 is 8.98 Å². The van der Waals surface area contributed by atoms with E-state index in [-0.39, 0.29) is 5.41 Å². The summed E-state index contributed by atoms with van der Waals surface area (Å²) in [5.74, 6) is 0.679. The molecule has 0 spiro atoms. The molecule has 11 aromatic rings. The lowest BCUT2D eigenvalue weighted by atomic mass is 9.82. The fourth-order valence-electron chi connectivity index (χ4n) is 9.45. The smallest absolute Gasteiger partial charge is 0.161 e. The fourth-order valence-corrected chi connectivity index (χ4v) is 9.45. The Kier molecular flexibility index (Phi) is 6.65. The van der Waals surface area contributed by atoms with Crippen LogP contribution in [0.3, 0.4) is 0 Å². The van der Waals surface area contributed by atoms with E-state index in [9.17, 15) is 0 Å². The monoisotopic (exact) mass is 729 g/mol. The van der Waals surface area contributed by atoms with Crippen molar-refractivity contribution in [2.24, 2.45) is 0 Å². The number of benzene rings is 8. The van der Waals surface area contributed by atoms with Crippen molar-refractivity contribution in [3.05, 3.63) is 187 Å². The molecule has 0 atom stereocenters. The van der Waals surface area contributed by atoms with Crippen molar-refractivity contribution in [3.8, 4) is 50.6 Å². The van der Waals surface area contributed by atoms with E-state index in [0.717, 1.165) is 66.5 Å². The highest BCUT2D eigenvalue weighted by Gasteiger charge is 2.36. The van der Waals surface area contributed by atoms with Crippen LogP contribution in [-0.4, -0.2) is 14.5 Å². The number of hydrogen-bond acceptors (Lipinski definition) is 3. The molecule has 0 N–H and O–H groups in total. The van der Waals surface area contributed by atoms with Gasteiger partial charge in [0.2, 0.25) is 0 Å². The van der Waals surface area contributed by atoms with Crippen LogP contribution in [0.15, 0.2) is 180 Å². The Labute approximate surface area is 329 Å². The van der Waals surface area contributed by atoms with Crippen LogP contribution >= 0.6 is 0 Å². The number of aromatic nitrogens is 3. The number of hydrogen-bond donors (Lipinski definition) is 0. The van der Waals surface area contributed by atoms with E-state index in [4.69, 9.17) is 14.4 Å². The molecule has 0 saturated heterocycles. The van der Waals surface area contributed by atoms with Crippen LogP contribution in [0.4, 0.5) is 0 Å². The van der Waals surface area contributed by atoms with E-state index in [1.807, 2.05) is 30.3 Å². The quantitative estimate of drug-likeness (QED) is 0.181. The second kappa shape index (κ2) is 11.8. The summed E-state index contributed by atoms with van der Waals surface area (Å²) in [4.78, 5) is 10.4. The minimum atomic E-state index is -0.0914. The summed E-state index contributed by atoms with van der Waals surface area (Å²) in [7, 11) is 0. The highest BCUT2D eigenvalue weighted by Crippen LogP contribution is 2.51. The van der Waals surface area contributed by atoms with Gasteiger partial charge in [0.05, 0.1) is 22.2 Å². The molecule has 8 aromatic carbocycles. The van der Waals surface area contributed by atoms with E-state index in [2.05, 4.69) is 164 Å². The molecule has 0 saturated carbocycles. The maximum atomic E-state index is 6.52. The van der Waals surface area contributed by atoms with Crippen molar-refractivity contribution in [1.82, 2.24) is 14.5 Å². The van der Waals surface area contributed by atoms with Crippen molar-refractivity contribution in [2.45, 2.75) is 19.3 Å². The first-order chi connectivity index (χ1) is 28.0. The number of furan rings is 1. The van der Waals surface area contributed by atoms with Gasteiger partial charge in [-0.3, -0.25) is 0 Å². The Bertz CT molecular complexity index is 3430. The zero-order valence-electron chi connectivity index (χ0n) is 31.5. The minimum Gasteiger partial charge on any atom is -0.456 e. The largest absolute Gasteiger partial charge is 0.456 e. The van der Waals surface area contributed by atoms with Gasteiger partial charge >= 0.3 is 0 Å². The third-order valence-electron chi connectivity index (χ3n) is 12.2. The maximum absolute atomic E-state index is 6.52. The lowest BCUT2D eigenvalue weighted by Crippen LogP contribution is -2.14. The zero-order valence-corrected chi connectivity index (χ0v) is 31.5. The summed E-state index contributed by atoms with van der Waals surface area (Å²) in [6, 6.07) is 62.8. The van der Waals surface area contributed by atoms with E-state index in [1.54, 1.807) is 0 Å². The molecule has 268 valence electrons.